The molecule has 0 aliphatic heterocycles. The predicted molar refractivity (Wildman–Crippen MR) is 297 cm³/mol. The fourth-order valence-corrected chi connectivity index (χ4v) is 8.32. The monoisotopic (exact) mass is 947 g/mol. The van der Waals surface area contributed by atoms with Crippen LogP contribution in [0.4, 0.5) is 0 Å². The number of aliphatic hydroxyl groups is 1. The van der Waals surface area contributed by atoms with E-state index in [0.29, 0.717) is 12.8 Å². The molecule has 0 aliphatic rings. The third-order valence-electron chi connectivity index (χ3n) is 12.7. The van der Waals surface area contributed by atoms with Gasteiger partial charge < -0.3 is 14.6 Å². The number of carbonyl (C=O) groups excluding carboxylic acids is 2. The maximum absolute atomic E-state index is 12.3. The summed E-state index contributed by atoms with van der Waals surface area (Å²) in [6, 6.07) is 0. The van der Waals surface area contributed by atoms with Crippen LogP contribution >= 0.6 is 0 Å². The van der Waals surface area contributed by atoms with Crippen molar-refractivity contribution in [3.8, 4) is 0 Å². The Bertz CT molecular complexity index is 1250. The van der Waals surface area contributed by atoms with E-state index >= 15 is 0 Å². The first kappa shape index (κ1) is 65.1. The average Bonchev–Trinajstić information content (AvgIpc) is 3.34. The Kier molecular flexibility index (Phi) is 55.9. The zero-order valence-corrected chi connectivity index (χ0v) is 44.9. The molecule has 1 atom stereocenters. The number of esters is 2. The summed E-state index contributed by atoms with van der Waals surface area (Å²) >= 11 is 0. The van der Waals surface area contributed by atoms with Crippen LogP contribution in [0.2, 0.25) is 0 Å². The van der Waals surface area contributed by atoms with Crippen molar-refractivity contribution in [3.05, 3.63) is 85.1 Å². The van der Waals surface area contributed by atoms with Crippen molar-refractivity contribution in [3.63, 3.8) is 0 Å². The predicted octanol–water partition coefficient (Wildman–Crippen LogP) is 19.8. The van der Waals surface area contributed by atoms with Crippen LogP contribution in [0.3, 0.4) is 0 Å². The van der Waals surface area contributed by atoms with Gasteiger partial charge in [-0.15, -0.1) is 0 Å². The zero-order chi connectivity index (χ0) is 49.2. The minimum absolute atomic E-state index is 0.0698. The number of allylic oxidation sites excluding steroid dienone is 14. The van der Waals surface area contributed by atoms with Crippen molar-refractivity contribution < 1.29 is 24.2 Å². The fourth-order valence-electron chi connectivity index (χ4n) is 8.32. The summed E-state index contributed by atoms with van der Waals surface area (Å²) in [7, 11) is 0. The number of ether oxygens (including phenoxy) is 2. The molecule has 0 aromatic carbocycles. The zero-order valence-electron chi connectivity index (χ0n) is 44.9. The molecule has 0 aromatic heterocycles. The topological polar surface area (TPSA) is 72.8 Å². The summed E-state index contributed by atoms with van der Waals surface area (Å²) in [4.78, 5) is 24.5. The second-order valence-corrected chi connectivity index (χ2v) is 19.3. The van der Waals surface area contributed by atoms with E-state index in [2.05, 4.69) is 98.9 Å². The van der Waals surface area contributed by atoms with Crippen molar-refractivity contribution >= 4 is 11.9 Å². The van der Waals surface area contributed by atoms with Crippen molar-refractivity contribution in [1.29, 1.82) is 0 Å². The molecule has 0 saturated heterocycles. The lowest BCUT2D eigenvalue weighted by atomic mass is 10.0. The second kappa shape index (κ2) is 58.4. The second-order valence-electron chi connectivity index (χ2n) is 19.3. The Labute approximate surface area is 422 Å². The van der Waals surface area contributed by atoms with Gasteiger partial charge in [-0.1, -0.05) is 266 Å². The highest BCUT2D eigenvalue weighted by molar-refractivity contribution is 5.70. The van der Waals surface area contributed by atoms with E-state index < -0.39 is 6.10 Å². The minimum atomic E-state index is -0.780. The molecular weight excluding hydrogens is 837 g/mol. The first-order chi connectivity index (χ1) is 33.6. The van der Waals surface area contributed by atoms with Gasteiger partial charge in [0.1, 0.15) is 6.61 Å². The van der Waals surface area contributed by atoms with E-state index in [1.165, 1.54) is 180 Å². The molecule has 0 spiro atoms. The van der Waals surface area contributed by atoms with E-state index in [-0.39, 0.29) is 25.2 Å². The molecule has 0 aliphatic carbocycles. The molecule has 0 saturated carbocycles. The first-order valence-corrected chi connectivity index (χ1v) is 29.1. The standard InChI is InChI=1S/C63H110O5/c1-3-5-7-9-11-13-15-17-19-21-23-25-27-29-30-31-32-34-35-37-39-41-43-45-47-49-51-53-55-57-62(65)67-60-61(59-64)68-63(66)58-56-54-52-50-48-46-44-42-40-38-36-33-28-26-24-22-20-18-16-14-12-10-8-6-4-2/h6,8,12,14-15,17-18,20-21,23-24,26,33,36,61,64H,3-5,7,9-11,13,16,19,22,25,27-32,34-35,37-60H2,1-2H3/b8-6-,14-12-,17-15-,20-18-,23-21-,26-24-,36-33-. The highest BCUT2D eigenvalue weighted by Crippen LogP contribution is 2.16. The van der Waals surface area contributed by atoms with Crippen LogP contribution in [0, 0.1) is 0 Å². The van der Waals surface area contributed by atoms with Crippen LogP contribution in [0.25, 0.3) is 0 Å². The average molecular weight is 948 g/mol. The van der Waals surface area contributed by atoms with Crippen molar-refractivity contribution in [2.75, 3.05) is 13.2 Å². The molecule has 0 heterocycles. The van der Waals surface area contributed by atoms with Gasteiger partial charge in [0, 0.05) is 12.8 Å². The lowest BCUT2D eigenvalue weighted by Gasteiger charge is -2.15. The number of rotatable bonds is 53. The van der Waals surface area contributed by atoms with Gasteiger partial charge in [0.2, 0.25) is 0 Å². The van der Waals surface area contributed by atoms with Gasteiger partial charge in [-0.05, 0) is 89.9 Å². The maximum Gasteiger partial charge on any atom is 0.306 e. The quantitative estimate of drug-likeness (QED) is 0.0374. The van der Waals surface area contributed by atoms with Crippen molar-refractivity contribution in [2.45, 2.75) is 290 Å². The van der Waals surface area contributed by atoms with Crippen LogP contribution in [0.1, 0.15) is 284 Å². The van der Waals surface area contributed by atoms with Gasteiger partial charge in [-0.3, -0.25) is 9.59 Å². The van der Waals surface area contributed by atoms with Crippen LogP contribution in [-0.4, -0.2) is 36.4 Å². The van der Waals surface area contributed by atoms with E-state index in [4.69, 9.17) is 9.47 Å². The maximum atomic E-state index is 12.3. The summed E-state index contributed by atoms with van der Waals surface area (Å²) < 4.78 is 10.7. The molecule has 0 amide bonds. The van der Waals surface area contributed by atoms with E-state index in [1.807, 2.05) is 0 Å². The Morgan fingerprint density at radius 3 is 0.956 bits per heavy atom. The third kappa shape index (κ3) is 55.7. The van der Waals surface area contributed by atoms with E-state index in [0.717, 1.165) is 77.0 Å². The van der Waals surface area contributed by atoms with Crippen LogP contribution in [0.5, 0.6) is 0 Å². The summed E-state index contributed by atoms with van der Waals surface area (Å²) in [5.41, 5.74) is 0. The number of hydrogen-bond acceptors (Lipinski definition) is 5. The van der Waals surface area contributed by atoms with Crippen LogP contribution < -0.4 is 0 Å². The molecule has 1 N–H and O–H groups in total. The normalized spacial score (nSPS) is 12.8. The molecule has 0 rings (SSSR count). The Hall–Kier alpha value is -2.92. The summed E-state index contributed by atoms with van der Waals surface area (Å²) in [6.07, 6.45) is 81.3. The molecule has 68 heavy (non-hydrogen) atoms. The molecule has 0 radical (unpaired) electrons. The number of hydrogen-bond donors (Lipinski definition) is 1. The van der Waals surface area contributed by atoms with Gasteiger partial charge in [-0.25, -0.2) is 0 Å². The molecule has 5 nitrogen and oxygen atoms in total. The summed E-state index contributed by atoms with van der Waals surface area (Å²) in [5, 5.41) is 9.66. The number of carbonyl (C=O) groups is 2. The van der Waals surface area contributed by atoms with Gasteiger partial charge in [0.25, 0.3) is 0 Å². The van der Waals surface area contributed by atoms with Gasteiger partial charge >= 0.3 is 11.9 Å². The molecule has 0 bridgehead atoms. The molecular formula is C63H110O5. The molecule has 392 valence electrons. The number of unbranched alkanes of at least 4 members (excludes halogenated alkanes) is 31. The molecule has 1 unspecified atom stereocenters. The minimum Gasteiger partial charge on any atom is -0.462 e. The van der Waals surface area contributed by atoms with Gasteiger partial charge in [-0.2, -0.15) is 0 Å². The summed E-state index contributed by atoms with van der Waals surface area (Å²) in [5.74, 6) is -0.591. The van der Waals surface area contributed by atoms with Crippen LogP contribution in [-0.2, 0) is 19.1 Å². The molecule has 5 heteroatoms. The number of aliphatic hydroxyl groups excluding tert-OH is 1. The first-order valence-electron chi connectivity index (χ1n) is 29.1. The van der Waals surface area contributed by atoms with E-state index in [9.17, 15) is 14.7 Å². The fraction of sp³-hybridized carbons (Fsp3) is 0.746. The largest absolute Gasteiger partial charge is 0.462 e. The Morgan fingerprint density at radius 2 is 0.632 bits per heavy atom. The van der Waals surface area contributed by atoms with Gasteiger partial charge in [0.05, 0.1) is 6.61 Å². The Morgan fingerprint density at radius 1 is 0.353 bits per heavy atom. The SMILES string of the molecule is CC/C=C\C/C=C\C/C=C\C/C=C\C/C=C\CCCCCCCCCCCC(=O)OC(CO)COC(=O)CCCCCCCCCCCCCCCCCCC/C=C\C/C=C\CCCCCCC. The smallest absolute Gasteiger partial charge is 0.306 e. The lowest BCUT2D eigenvalue weighted by molar-refractivity contribution is -0.161. The van der Waals surface area contributed by atoms with Gasteiger partial charge in [0.15, 0.2) is 6.10 Å². The van der Waals surface area contributed by atoms with Crippen molar-refractivity contribution in [2.24, 2.45) is 0 Å². The van der Waals surface area contributed by atoms with E-state index in [1.54, 1.807) is 0 Å². The highest BCUT2D eigenvalue weighted by Gasteiger charge is 2.16. The summed E-state index contributed by atoms with van der Waals surface area (Å²) in [6.45, 7) is 4.04. The molecule has 0 fully saturated rings. The van der Waals surface area contributed by atoms with Crippen LogP contribution in [0.15, 0.2) is 85.1 Å². The van der Waals surface area contributed by atoms with Crippen molar-refractivity contribution in [1.82, 2.24) is 0 Å². The third-order valence-corrected chi connectivity index (χ3v) is 12.7. The lowest BCUT2D eigenvalue weighted by Crippen LogP contribution is -2.28. The molecule has 0 aromatic rings. The highest BCUT2D eigenvalue weighted by atomic mass is 16.6. The Balaban J connectivity index is 3.49.